The van der Waals surface area contributed by atoms with E-state index >= 15 is 0 Å². The summed E-state index contributed by atoms with van der Waals surface area (Å²) in [4.78, 5) is 0. The van der Waals surface area contributed by atoms with Crippen molar-refractivity contribution < 1.29 is 21.9 Å². The van der Waals surface area contributed by atoms with Crippen LogP contribution >= 0.6 is 0 Å². The smallest absolute Gasteiger partial charge is 0.220 e. The zero-order chi connectivity index (χ0) is 26.4. The lowest BCUT2D eigenvalue weighted by atomic mass is 9.81. The number of rotatable bonds is 10. The van der Waals surface area contributed by atoms with E-state index in [-0.39, 0.29) is 17.8 Å². The molecule has 0 aliphatic rings. The van der Waals surface area contributed by atoms with Crippen molar-refractivity contribution in [1.82, 2.24) is 0 Å². The lowest BCUT2D eigenvalue weighted by molar-refractivity contribution is 0.108. The third kappa shape index (κ3) is 6.66. The number of hydrogen-bond donors (Lipinski definition) is 0. The summed E-state index contributed by atoms with van der Waals surface area (Å²) in [7, 11) is -4.90. The summed E-state index contributed by atoms with van der Waals surface area (Å²) >= 11 is 0. The van der Waals surface area contributed by atoms with Gasteiger partial charge in [-0.05, 0) is 22.3 Å². The Hall–Kier alpha value is -3.45. The molecule has 6 heteroatoms. The van der Waals surface area contributed by atoms with Crippen LogP contribution in [-0.4, -0.2) is 19.8 Å². The lowest BCUT2D eigenvalue weighted by Crippen LogP contribution is -2.14. The van der Waals surface area contributed by atoms with Gasteiger partial charge >= 0.3 is 0 Å². The predicted octanol–water partition coefficient (Wildman–Crippen LogP) is 6.96. The first-order valence-corrected chi connectivity index (χ1v) is 13.6. The molecule has 0 heterocycles. The van der Waals surface area contributed by atoms with Crippen LogP contribution in [0, 0.1) is 0 Å². The van der Waals surface area contributed by atoms with Gasteiger partial charge in [-0.3, -0.25) is 0 Å². The fraction of sp³-hybridized carbons (Fsp3) is 0.226. The Labute approximate surface area is 219 Å². The third-order valence-corrected chi connectivity index (χ3v) is 7.28. The van der Waals surface area contributed by atoms with Gasteiger partial charge in [0.25, 0.3) is 0 Å². The van der Waals surface area contributed by atoms with Gasteiger partial charge in [0.2, 0.25) is 17.2 Å². The maximum absolute atomic E-state index is 11.1. The lowest BCUT2D eigenvalue weighted by Gasteiger charge is -2.26. The van der Waals surface area contributed by atoms with Gasteiger partial charge in [-0.25, -0.2) is 12.6 Å². The van der Waals surface area contributed by atoms with Crippen molar-refractivity contribution >= 4 is 10.4 Å². The third-order valence-electron chi connectivity index (χ3n) is 6.90. The highest BCUT2D eigenvalue weighted by atomic mass is 32.3. The fourth-order valence-corrected chi connectivity index (χ4v) is 4.84. The Morgan fingerprint density at radius 3 is 1.38 bits per heavy atom. The quantitative estimate of drug-likeness (QED) is 0.130. The molecule has 4 rings (SSSR count). The summed E-state index contributed by atoms with van der Waals surface area (Å²) in [5.41, 5.74) is 6.28. The Morgan fingerprint density at radius 2 is 1.00 bits per heavy atom. The molecule has 0 fully saturated rings. The first-order valence-electron chi connectivity index (χ1n) is 12.3. The van der Waals surface area contributed by atoms with Crippen LogP contribution in [0.15, 0.2) is 103 Å². The summed E-state index contributed by atoms with van der Waals surface area (Å²) in [5, 5.41) is 0. The van der Waals surface area contributed by atoms with Crippen LogP contribution in [0.5, 0.6) is 5.75 Å². The second kappa shape index (κ2) is 11.7. The number of ether oxygens (including phenoxy) is 1. The largest absolute Gasteiger partial charge is 0.725 e. The van der Waals surface area contributed by atoms with Crippen LogP contribution in [0.3, 0.4) is 0 Å². The highest BCUT2D eigenvalue weighted by Gasteiger charge is 2.24. The predicted molar refractivity (Wildman–Crippen MR) is 145 cm³/mol. The van der Waals surface area contributed by atoms with E-state index in [1.807, 2.05) is 54.6 Å². The van der Waals surface area contributed by atoms with Gasteiger partial charge in [0, 0.05) is 28.9 Å². The highest BCUT2D eigenvalue weighted by Crippen LogP contribution is 2.42. The van der Waals surface area contributed by atoms with Crippen molar-refractivity contribution in [3.63, 3.8) is 0 Å². The maximum Gasteiger partial charge on any atom is 0.220 e. The second-order valence-electron chi connectivity index (χ2n) is 9.21. The minimum Gasteiger partial charge on any atom is -0.725 e. The van der Waals surface area contributed by atoms with Gasteiger partial charge in [0.05, 0.1) is 0 Å². The van der Waals surface area contributed by atoms with Crippen LogP contribution < -0.4 is 4.74 Å². The van der Waals surface area contributed by atoms with Gasteiger partial charge in [-0.1, -0.05) is 124 Å². The summed E-state index contributed by atoms with van der Waals surface area (Å²) < 4.78 is 43.9. The highest BCUT2D eigenvalue weighted by molar-refractivity contribution is 7.80. The molecular formula is C31H31O5S-. The number of hydrogen-bond acceptors (Lipinski definition) is 5. The molecule has 0 bridgehead atoms. The van der Waals surface area contributed by atoms with Gasteiger partial charge in [0.1, 0.15) is 5.75 Å². The topological polar surface area (TPSA) is 75.7 Å². The van der Waals surface area contributed by atoms with Crippen molar-refractivity contribution in [2.45, 2.75) is 38.5 Å². The molecule has 4 aromatic carbocycles. The van der Waals surface area contributed by atoms with Gasteiger partial charge in [-0.15, -0.1) is 0 Å². The number of benzene rings is 4. The van der Waals surface area contributed by atoms with E-state index < -0.39 is 17.2 Å². The molecule has 0 N–H and O–H groups in total. The summed E-state index contributed by atoms with van der Waals surface area (Å²) in [6.07, 6.45) is 0. The zero-order valence-corrected chi connectivity index (χ0v) is 22.0. The standard InChI is InChI=1S/C31H32O5S/c1-22(25-13-7-4-8-14-25)28-19-29(23(2)26-15-9-5-10-16-26)31(35-21-36-37(32,33)34)30(20-28)24(3)27-17-11-6-12-18-27/h4-20,22-24H,21H2,1-3H3,(H,32,33,34)/p-1. The molecule has 192 valence electrons. The van der Waals surface area contributed by atoms with Gasteiger partial charge in [-0.2, -0.15) is 0 Å². The van der Waals surface area contributed by atoms with E-state index in [1.165, 1.54) is 5.56 Å². The Balaban J connectivity index is 1.90. The molecule has 3 atom stereocenters. The molecule has 5 nitrogen and oxygen atoms in total. The maximum atomic E-state index is 11.1. The molecule has 37 heavy (non-hydrogen) atoms. The van der Waals surface area contributed by atoms with Crippen molar-refractivity contribution in [2.24, 2.45) is 0 Å². The Kier molecular flexibility index (Phi) is 8.44. The van der Waals surface area contributed by atoms with Crippen LogP contribution in [-0.2, 0) is 14.6 Å². The van der Waals surface area contributed by atoms with Crippen LogP contribution in [0.4, 0.5) is 0 Å². The Morgan fingerprint density at radius 1 is 0.622 bits per heavy atom. The molecule has 0 amide bonds. The minimum atomic E-state index is -4.90. The monoisotopic (exact) mass is 515 g/mol. The summed E-state index contributed by atoms with van der Waals surface area (Å²) in [6.45, 7) is 5.67. The van der Waals surface area contributed by atoms with E-state index in [1.54, 1.807) is 0 Å². The van der Waals surface area contributed by atoms with E-state index in [2.05, 4.69) is 73.5 Å². The molecule has 0 saturated carbocycles. The molecule has 0 saturated heterocycles. The Bertz CT molecular complexity index is 1340. The van der Waals surface area contributed by atoms with Gasteiger partial charge < -0.3 is 9.29 Å². The average molecular weight is 516 g/mol. The molecule has 4 aromatic rings. The van der Waals surface area contributed by atoms with Crippen LogP contribution in [0.25, 0.3) is 0 Å². The van der Waals surface area contributed by atoms with E-state index in [4.69, 9.17) is 4.74 Å². The zero-order valence-electron chi connectivity index (χ0n) is 21.2. The molecule has 0 aliphatic heterocycles. The van der Waals surface area contributed by atoms with Crippen LogP contribution in [0.2, 0.25) is 0 Å². The van der Waals surface area contributed by atoms with Gasteiger partial charge in [0.15, 0.2) is 0 Å². The van der Waals surface area contributed by atoms with E-state index in [0.717, 1.165) is 27.8 Å². The minimum absolute atomic E-state index is 0.0651. The SMILES string of the molecule is CC(c1ccccc1)c1cc(C(C)c2ccccc2)c(OCOS(=O)(=O)[O-])c(C(C)c2ccccc2)c1. The summed E-state index contributed by atoms with van der Waals surface area (Å²) in [5.74, 6) is 0.506. The van der Waals surface area contributed by atoms with E-state index in [0.29, 0.717) is 5.75 Å². The first-order chi connectivity index (χ1) is 17.7. The molecule has 0 aromatic heterocycles. The van der Waals surface area contributed by atoms with Crippen molar-refractivity contribution in [1.29, 1.82) is 0 Å². The van der Waals surface area contributed by atoms with Crippen molar-refractivity contribution in [3.05, 3.63) is 137 Å². The molecule has 0 aliphatic carbocycles. The molecule has 0 spiro atoms. The van der Waals surface area contributed by atoms with Crippen LogP contribution in [0.1, 0.15) is 71.9 Å². The molecular weight excluding hydrogens is 484 g/mol. The second-order valence-corrected chi connectivity index (χ2v) is 10.3. The first kappa shape index (κ1) is 26.6. The van der Waals surface area contributed by atoms with E-state index in [9.17, 15) is 13.0 Å². The fourth-order valence-electron chi connectivity index (χ4n) is 4.68. The van der Waals surface area contributed by atoms with Crippen molar-refractivity contribution in [3.8, 4) is 5.75 Å². The van der Waals surface area contributed by atoms with Crippen molar-refractivity contribution in [2.75, 3.05) is 6.79 Å². The normalized spacial score (nSPS) is 14.1. The average Bonchev–Trinajstić information content (AvgIpc) is 2.92. The molecule has 0 radical (unpaired) electrons. The molecule has 3 unspecified atom stereocenters. The summed E-state index contributed by atoms with van der Waals surface area (Å²) in [6, 6.07) is 34.7.